The zero-order valence-corrected chi connectivity index (χ0v) is 7.36. The molecule has 1 aliphatic rings. The molecule has 0 bridgehead atoms. The van der Waals surface area contributed by atoms with Crippen molar-refractivity contribution in [2.45, 2.75) is 13.8 Å². The summed E-state index contributed by atoms with van der Waals surface area (Å²) in [4.78, 5) is 6.03. The maximum Gasteiger partial charge on any atom is 0.106 e. The largest absolute Gasteiger partial charge is 0.272 e. The zero-order valence-electron chi connectivity index (χ0n) is 7.36. The van der Waals surface area contributed by atoms with Crippen LogP contribution in [-0.2, 0) is 0 Å². The number of rotatable bonds is 1. The van der Waals surface area contributed by atoms with Gasteiger partial charge in [-0.2, -0.15) is 9.89 Å². The molecule has 4 nitrogen and oxygen atoms in total. The van der Waals surface area contributed by atoms with E-state index in [1.807, 2.05) is 30.0 Å². The Labute approximate surface area is 71.5 Å². The van der Waals surface area contributed by atoms with Crippen LogP contribution >= 0.6 is 0 Å². The molecule has 0 saturated carbocycles. The third-order valence-electron chi connectivity index (χ3n) is 1.90. The second-order valence-electron chi connectivity index (χ2n) is 3.00. The van der Waals surface area contributed by atoms with Gasteiger partial charge < -0.3 is 0 Å². The van der Waals surface area contributed by atoms with E-state index in [0.717, 1.165) is 24.5 Å². The Morgan fingerprint density at radius 2 is 2.25 bits per heavy atom. The summed E-state index contributed by atoms with van der Waals surface area (Å²) in [7, 11) is 0. The third-order valence-corrected chi connectivity index (χ3v) is 1.90. The topological polar surface area (TPSA) is 33.4 Å². The molecule has 0 saturated heterocycles. The maximum atomic E-state index is 4.34. The quantitative estimate of drug-likeness (QED) is 0.605. The Morgan fingerprint density at radius 1 is 1.42 bits per heavy atom. The minimum Gasteiger partial charge on any atom is -0.272 e. The maximum absolute atomic E-state index is 4.34. The highest BCUT2D eigenvalue weighted by atomic mass is 15.7. The van der Waals surface area contributed by atoms with Crippen molar-refractivity contribution < 1.29 is 0 Å². The molecule has 0 spiro atoms. The highest BCUT2D eigenvalue weighted by Crippen LogP contribution is 2.03. The molecule has 64 valence electrons. The van der Waals surface area contributed by atoms with Crippen molar-refractivity contribution in [3.05, 3.63) is 17.5 Å². The van der Waals surface area contributed by atoms with E-state index in [1.54, 1.807) is 0 Å². The molecule has 1 aromatic rings. The number of aromatic nitrogens is 2. The molecule has 4 heteroatoms. The average Bonchev–Trinajstić information content (AvgIpc) is 2.58. The summed E-state index contributed by atoms with van der Waals surface area (Å²) < 4.78 is 0. The average molecular weight is 164 g/mol. The Hall–Kier alpha value is -1.32. The van der Waals surface area contributed by atoms with Gasteiger partial charge in [0.1, 0.15) is 6.34 Å². The van der Waals surface area contributed by atoms with E-state index < -0.39 is 0 Å². The molecular weight excluding hydrogens is 152 g/mol. The smallest absolute Gasteiger partial charge is 0.106 e. The molecule has 0 aliphatic carbocycles. The van der Waals surface area contributed by atoms with Crippen LogP contribution in [0.3, 0.4) is 0 Å². The molecule has 2 heterocycles. The van der Waals surface area contributed by atoms with E-state index in [4.69, 9.17) is 0 Å². The van der Waals surface area contributed by atoms with E-state index >= 15 is 0 Å². The van der Waals surface area contributed by atoms with Crippen molar-refractivity contribution in [3.63, 3.8) is 0 Å². The van der Waals surface area contributed by atoms with Gasteiger partial charge in [-0.1, -0.05) is 0 Å². The van der Waals surface area contributed by atoms with Gasteiger partial charge in [-0.25, -0.2) is 0 Å². The minimum absolute atomic E-state index is 0.873. The van der Waals surface area contributed by atoms with Crippen LogP contribution in [0.2, 0.25) is 0 Å². The summed E-state index contributed by atoms with van der Waals surface area (Å²) >= 11 is 0. The number of nitrogens with zero attached hydrogens (tertiary/aromatic N) is 4. The molecule has 0 unspecified atom stereocenters. The van der Waals surface area contributed by atoms with Crippen molar-refractivity contribution in [1.29, 1.82) is 0 Å². The summed E-state index contributed by atoms with van der Waals surface area (Å²) in [5, 5.41) is 6.36. The second kappa shape index (κ2) is 2.62. The molecule has 2 rings (SSSR count). The molecule has 1 aliphatic heterocycles. The van der Waals surface area contributed by atoms with Crippen LogP contribution in [-0.4, -0.2) is 29.3 Å². The fraction of sp³-hybridized carbons (Fsp3) is 0.500. The van der Waals surface area contributed by atoms with Crippen molar-refractivity contribution in [2.75, 3.05) is 18.1 Å². The molecular formula is C8H12N4. The first-order valence-corrected chi connectivity index (χ1v) is 4.07. The molecule has 0 aromatic carbocycles. The lowest BCUT2D eigenvalue weighted by Gasteiger charge is -2.14. The number of aryl methyl sites for hydroxylation is 2. The first-order valence-electron chi connectivity index (χ1n) is 4.07. The van der Waals surface area contributed by atoms with Gasteiger partial charge in [-0.3, -0.25) is 10.0 Å². The van der Waals surface area contributed by atoms with E-state index in [2.05, 4.69) is 16.2 Å². The van der Waals surface area contributed by atoms with Gasteiger partial charge in [0.05, 0.1) is 24.5 Å². The number of aliphatic imine (C=N–C) groups is 1. The minimum atomic E-state index is 0.873. The molecule has 0 N–H and O–H groups in total. The SMILES string of the molecule is Cc1cc(C)n(N2C=NCC2)n1. The summed E-state index contributed by atoms with van der Waals surface area (Å²) in [5.41, 5.74) is 2.20. The molecule has 0 atom stereocenters. The molecule has 1 aromatic heterocycles. The Bertz CT molecular complexity index is 313. The van der Waals surface area contributed by atoms with Crippen LogP contribution in [0.5, 0.6) is 0 Å². The summed E-state index contributed by atoms with van der Waals surface area (Å²) in [6.07, 6.45) is 1.83. The van der Waals surface area contributed by atoms with Gasteiger partial charge in [-0.15, -0.1) is 0 Å². The normalized spacial score (nSPS) is 16.0. The summed E-state index contributed by atoms with van der Waals surface area (Å²) in [5.74, 6) is 0. The number of hydrogen-bond donors (Lipinski definition) is 0. The molecule has 0 amide bonds. The van der Waals surface area contributed by atoms with Crippen LogP contribution < -0.4 is 5.01 Å². The van der Waals surface area contributed by atoms with E-state index in [1.165, 1.54) is 0 Å². The molecule has 0 fully saturated rings. The van der Waals surface area contributed by atoms with Crippen LogP contribution in [0, 0.1) is 13.8 Å². The van der Waals surface area contributed by atoms with Crippen LogP contribution in [0.25, 0.3) is 0 Å². The van der Waals surface area contributed by atoms with Crippen molar-refractivity contribution in [1.82, 2.24) is 9.89 Å². The van der Waals surface area contributed by atoms with Gasteiger partial charge >= 0.3 is 0 Å². The second-order valence-corrected chi connectivity index (χ2v) is 3.00. The van der Waals surface area contributed by atoms with Crippen molar-refractivity contribution >= 4 is 6.34 Å². The lowest BCUT2D eigenvalue weighted by Crippen LogP contribution is -2.33. The first kappa shape index (κ1) is 7.34. The van der Waals surface area contributed by atoms with Gasteiger partial charge in [0.15, 0.2) is 0 Å². The predicted octanol–water partition coefficient (Wildman–Crippen LogP) is 0.480. The fourth-order valence-electron chi connectivity index (χ4n) is 1.39. The number of hydrogen-bond acceptors (Lipinski definition) is 3. The standard InChI is InChI=1S/C8H12N4/c1-7-5-8(2)12(10-7)11-4-3-9-6-11/h5-6H,3-4H2,1-2H3. The van der Waals surface area contributed by atoms with Crippen molar-refractivity contribution in [3.8, 4) is 0 Å². The molecule has 0 radical (unpaired) electrons. The van der Waals surface area contributed by atoms with Crippen LogP contribution in [0.1, 0.15) is 11.4 Å². The van der Waals surface area contributed by atoms with E-state index in [0.29, 0.717) is 0 Å². The lowest BCUT2D eigenvalue weighted by atomic mass is 10.4. The Balaban J connectivity index is 2.32. The predicted molar refractivity (Wildman–Crippen MR) is 48.1 cm³/mol. The third kappa shape index (κ3) is 1.09. The highest BCUT2D eigenvalue weighted by molar-refractivity contribution is 5.69. The highest BCUT2D eigenvalue weighted by Gasteiger charge is 2.10. The lowest BCUT2D eigenvalue weighted by molar-refractivity contribution is 0.638. The molecule has 12 heavy (non-hydrogen) atoms. The Kier molecular flexibility index (Phi) is 1.60. The Morgan fingerprint density at radius 3 is 2.75 bits per heavy atom. The zero-order chi connectivity index (χ0) is 8.55. The summed E-state index contributed by atoms with van der Waals surface area (Å²) in [6.45, 7) is 5.85. The van der Waals surface area contributed by atoms with E-state index in [-0.39, 0.29) is 0 Å². The van der Waals surface area contributed by atoms with Gasteiger partial charge in [0.25, 0.3) is 0 Å². The van der Waals surface area contributed by atoms with Gasteiger partial charge in [-0.05, 0) is 19.9 Å². The summed E-state index contributed by atoms with van der Waals surface area (Å²) in [6, 6.07) is 2.06. The first-order chi connectivity index (χ1) is 5.77. The monoisotopic (exact) mass is 164 g/mol. The van der Waals surface area contributed by atoms with Gasteiger partial charge in [0, 0.05) is 0 Å². The van der Waals surface area contributed by atoms with Crippen LogP contribution in [0.15, 0.2) is 11.1 Å². The van der Waals surface area contributed by atoms with Crippen molar-refractivity contribution in [2.24, 2.45) is 4.99 Å². The van der Waals surface area contributed by atoms with Gasteiger partial charge in [0.2, 0.25) is 0 Å². The van der Waals surface area contributed by atoms with E-state index in [9.17, 15) is 0 Å². The fourth-order valence-corrected chi connectivity index (χ4v) is 1.39. The van der Waals surface area contributed by atoms with Crippen LogP contribution in [0.4, 0.5) is 0 Å².